The van der Waals surface area contributed by atoms with Gasteiger partial charge >= 0.3 is 5.97 Å². The highest BCUT2D eigenvalue weighted by atomic mass is 35.5. The fraction of sp³-hybridized carbons (Fsp3) is 0.467. The molecule has 0 saturated carbocycles. The van der Waals surface area contributed by atoms with Gasteiger partial charge in [0.15, 0.2) is 0 Å². The standard InChI is InChI=1S/C15H19Cl2NO3/c1-10(15-11(16)5-4-6-12(15)17)9-18-13(19)7-2-3-8-14(20)21/h4-6,10H,2-3,7-9H2,1H3,(H,18,19)(H,20,21). The van der Waals surface area contributed by atoms with Crippen molar-refractivity contribution in [3.63, 3.8) is 0 Å². The van der Waals surface area contributed by atoms with Gasteiger partial charge in [-0.3, -0.25) is 9.59 Å². The van der Waals surface area contributed by atoms with Crippen molar-refractivity contribution in [3.8, 4) is 0 Å². The number of rotatable bonds is 8. The van der Waals surface area contributed by atoms with Crippen LogP contribution in [-0.4, -0.2) is 23.5 Å². The molecule has 0 aromatic heterocycles. The number of nitrogens with one attached hydrogen (secondary N) is 1. The molecule has 0 aliphatic carbocycles. The van der Waals surface area contributed by atoms with E-state index in [1.165, 1.54) is 0 Å². The molecule has 2 N–H and O–H groups in total. The van der Waals surface area contributed by atoms with Crippen molar-refractivity contribution in [2.45, 2.75) is 38.5 Å². The van der Waals surface area contributed by atoms with Gasteiger partial charge < -0.3 is 10.4 Å². The average molecular weight is 332 g/mol. The van der Waals surface area contributed by atoms with Crippen LogP contribution in [0, 0.1) is 0 Å². The number of carboxylic acid groups (broad SMARTS) is 1. The van der Waals surface area contributed by atoms with E-state index in [4.69, 9.17) is 28.3 Å². The van der Waals surface area contributed by atoms with Crippen LogP contribution in [0.3, 0.4) is 0 Å². The lowest BCUT2D eigenvalue weighted by molar-refractivity contribution is -0.137. The lowest BCUT2D eigenvalue weighted by Gasteiger charge is -2.16. The lowest BCUT2D eigenvalue weighted by Crippen LogP contribution is -2.27. The van der Waals surface area contributed by atoms with Crippen LogP contribution in [0.2, 0.25) is 10.0 Å². The SMILES string of the molecule is CC(CNC(=O)CCCCC(=O)O)c1c(Cl)cccc1Cl. The fourth-order valence-corrected chi connectivity index (χ4v) is 2.77. The van der Waals surface area contributed by atoms with Gasteiger partial charge in [0.1, 0.15) is 0 Å². The predicted octanol–water partition coefficient (Wildman–Crippen LogP) is 3.86. The van der Waals surface area contributed by atoms with Crippen LogP contribution >= 0.6 is 23.2 Å². The number of hydrogen-bond donors (Lipinski definition) is 2. The molecule has 1 aromatic carbocycles. The van der Waals surface area contributed by atoms with Crippen molar-refractivity contribution in [1.29, 1.82) is 0 Å². The van der Waals surface area contributed by atoms with Gasteiger partial charge in [-0.15, -0.1) is 0 Å². The summed E-state index contributed by atoms with van der Waals surface area (Å²) in [6.45, 7) is 2.39. The minimum absolute atomic E-state index is 0.00849. The molecule has 0 fully saturated rings. The Kier molecular flexibility index (Phi) is 7.54. The quantitative estimate of drug-likeness (QED) is 0.711. The monoisotopic (exact) mass is 331 g/mol. The minimum atomic E-state index is -0.836. The third-order valence-electron chi connectivity index (χ3n) is 3.14. The second-order valence-electron chi connectivity index (χ2n) is 4.94. The van der Waals surface area contributed by atoms with Gasteiger partial charge in [0.2, 0.25) is 5.91 Å². The topological polar surface area (TPSA) is 66.4 Å². The Bertz CT molecular complexity index is 485. The highest BCUT2D eigenvalue weighted by Gasteiger charge is 2.14. The molecule has 0 bridgehead atoms. The van der Waals surface area contributed by atoms with Crippen LogP contribution in [0.15, 0.2) is 18.2 Å². The maximum atomic E-state index is 11.7. The molecule has 0 radical (unpaired) electrons. The van der Waals surface area contributed by atoms with Crippen molar-refractivity contribution in [2.24, 2.45) is 0 Å². The van der Waals surface area contributed by atoms with Gasteiger partial charge in [-0.25, -0.2) is 0 Å². The van der Waals surface area contributed by atoms with Gasteiger partial charge in [-0.05, 0) is 30.5 Å². The van der Waals surface area contributed by atoms with Crippen molar-refractivity contribution in [2.75, 3.05) is 6.54 Å². The van der Waals surface area contributed by atoms with E-state index in [0.29, 0.717) is 35.9 Å². The zero-order valence-electron chi connectivity index (χ0n) is 11.9. The summed E-state index contributed by atoms with van der Waals surface area (Å²) in [5.41, 5.74) is 0.826. The number of amides is 1. The van der Waals surface area contributed by atoms with E-state index in [0.717, 1.165) is 5.56 Å². The third kappa shape index (κ3) is 6.36. The number of carbonyl (C=O) groups is 2. The van der Waals surface area contributed by atoms with E-state index in [1.807, 2.05) is 6.92 Å². The van der Waals surface area contributed by atoms with E-state index in [9.17, 15) is 9.59 Å². The van der Waals surface area contributed by atoms with Gasteiger partial charge in [0.05, 0.1) is 0 Å². The summed E-state index contributed by atoms with van der Waals surface area (Å²) in [5.74, 6) is -0.915. The number of halogens is 2. The highest BCUT2D eigenvalue weighted by molar-refractivity contribution is 6.36. The first-order valence-corrected chi connectivity index (χ1v) is 7.59. The molecular formula is C15H19Cl2NO3. The van der Waals surface area contributed by atoms with Crippen molar-refractivity contribution in [1.82, 2.24) is 5.32 Å². The van der Waals surface area contributed by atoms with E-state index in [-0.39, 0.29) is 18.2 Å². The zero-order chi connectivity index (χ0) is 15.8. The molecule has 1 rings (SSSR count). The average Bonchev–Trinajstić information content (AvgIpc) is 2.41. The molecule has 1 amide bonds. The molecule has 116 valence electrons. The Morgan fingerprint density at radius 3 is 2.33 bits per heavy atom. The van der Waals surface area contributed by atoms with Gasteiger partial charge in [-0.1, -0.05) is 36.2 Å². The number of carboxylic acids is 1. The summed E-state index contributed by atoms with van der Waals surface area (Å²) in [6.07, 6.45) is 1.50. The molecule has 21 heavy (non-hydrogen) atoms. The molecule has 4 nitrogen and oxygen atoms in total. The van der Waals surface area contributed by atoms with Gasteiger partial charge in [0.25, 0.3) is 0 Å². The Balaban J connectivity index is 2.37. The molecule has 6 heteroatoms. The van der Waals surface area contributed by atoms with Crippen LogP contribution in [-0.2, 0) is 9.59 Å². The second kappa shape index (κ2) is 8.90. The highest BCUT2D eigenvalue weighted by Crippen LogP contribution is 2.30. The van der Waals surface area contributed by atoms with Crippen LogP contribution in [0.1, 0.15) is 44.1 Å². The number of unbranched alkanes of at least 4 members (excludes halogenated alkanes) is 1. The van der Waals surface area contributed by atoms with Crippen molar-refractivity contribution in [3.05, 3.63) is 33.8 Å². The molecule has 0 aliphatic rings. The Morgan fingerprint density at radius 1 is 1.19 bits per heavy atom. The molecular weight excluding hydrogens is 313 g/mol. The largest absolute Gasteiger partial charge is 0.481 e. The Labute approximate surface area is 134 Å². The molecule has 0 spiro atoms. The smallest absolute Gasteiger partial charge is 0.303 e. The third-order valence-corrected chi connectivity index (χ3v) is 3.80. The summed E-state index contributed by atoms with van der Waals surface area (Å²) in [4.78, 5) is 22.0. The van der Waals surface area contributed by atoms with Gasteiger partial charge in [-0.2, -0.15) is 0 Å². The predicted molar refractivity (Wildman–Crippen MR) is 84.0 cm³/mol. The first-order valence-electron chi connectivity index (χ1n) is 6.84. The first-order chi connectivity index (χ1) is 9.91. The summed E-state index contributed by atoms with van der Waals surface area (Å²) in [6, 6.07) is 5.32. The van der Waals surface area contributed by atoms with E-state index >= 15 is 0 Å². The number of aliphatic carboxylic acids is 1. The van der Waals surface area contributed by atoms with E-state index in [1.54, 1.807) is 18.2 Å². The molecule has 1 atom stereocenters. The van der Waals surface area contributed by atoms with Crippen LogP contribution in [0.5, 0.6) is 0 Å². The minimum Gasteiger partial charge on any atom is -0.481 e. The summed E-state index contributed by atoms with van der Waals surface area (Å²) < 4.78 is 0. The molecule has 1 aromatic rings. The summed E-state index contributed by atoms with van der Waals surface area (Å²) >= 11 is 12.2. The molecule has 1 unspecified atom stereocenters. The summed E-state index contributed by atoms with van der Waals surface area (Å²) in [7, 11) is 0. The number of carbonyl (C=O) groups excluding carboxylic acids is 1. The normalized spacial score (nSPS) is 12.0. The second-order valence-corrected chi connectivity index (χ2v) is 5.76. The zero-order valence-corrected chi connectivity index (χ0v) is 13.4. The summed E-state index contributed by atoms with van der Waals surface area (Å²) in [5, 5.41) is 12.5. The Morgan fingerprint density at radius 2 is 1.76 bits per heavy atom. The molecule has 0 saturated heterocycles. The maximum absolute atomic E-state index is 11.7. The fourth-order valence-electron chi connectivity index (χ4n) is 2.00. The number of hydrogen-bond acceptors (Lipinski definition) is 2. The van der Waals surface area contributed by atoms with E-state index < -0.39 is 5.97 Å². The van der Waals surface area contributed by atoms with Gasteiger partial charge in [0, 0.05) is 35.3 Å². The molecule has 0 heterocycles. The van der Waals surface area contributed by atoms with Crippen LogP contribution in [0.4, 0.5) is 0 Å². The Hall–Kier alpha value is -1.26. The number of benzene rings is 1. The maximum Gasteiger partial charge on any atom is 0.303 e. The van der Waals surface area contributed by atoms with Crippen molar-refractivity contribution >= 4 is 35.1 Å². The van der Waals surface area contributed by atoms with Crippen molar-refractivity contribution < 1.29 is 14.7 Å². The first kappa shape index (κ1) is 17.8. The lowest BCUT2D eigenvalue weighted by atomic mass is 10.0. The van der Waals surface area contributed by atoms with Crippen LogP contribution < -0.4 is 5.32 Å². The van der Waals surface area contributed by atoms with Crippen LogP contribution in [0.25, 0.3) is 0 Å². The molecule has 0 aliphatic heterocycles. The van der Waals surface area contributed by atoms with E-state index in [2.05, 4.69) is 5.32 Å².